The maximum atomic E-state index is 12.7. The van der Waals surface area contributed by atoms with Crippen LogP contribution in [0.2, 0.25) is 0 Å². The third-order valence-corrected chi connectivity index (χ3v) is 8.24. The van der Waals surface area contributed by atoms with Crippen molar-refractivity contribution in [1.29, 1.82) is 0 Å². The van der Waals surface area contributed by atoms with E-state index in [1.54, 1.807) is 0 Å². The first-order valence-electron chi connectivity index (χ1n) is 10.7. The van der Waals surface area contributed by atoms with E-state index in [1.165, 1.54) is 55.3 Å². The van der Waals surface area contributed by atoms with Gasteiger partial charge >= 0.3 is 0 Å². The van der Waals surface area contributed by atoms with E-state index in [-0.39, 0.29) is 10.8 Å². The minimum Gasteiger partial charge on any atom is -0.344 e. The van der Waals surface area contributed by atoms with Crippen molar-refractivity contribution in [3.05, 3.63) is 88.6 Å². The summed E-state index contributed by atoms with van der Waals surface area (Å²) in [6, 6.07) is 18.3. The Hall–Kier alpha value is -3.27. The number of amides is 1. The molecule has 2 aromatic heterocycles. The maximum absolute atomic E-state index is 12.7. The third kappa shape index (κ3) is 4.82. The highest BCUT2D eigenvalue weighted by Gasteiger charge is 2.19. The number of carbonyl (C=O) groups is 1. The van der Waals surface area contributed by atoms with Gasteiger partial charge in [-0.2, -0.15) is 0 Å². The maximum Gasteiger partial charge on any atom is 0.257 e. The van der Waals surface area contributed by atoms with Gasteiger partial charge in [0.2, 0.25) is 10.0 Å². The van der Waals surface area contributed by atoms with Crippen LogP contribution in [0.4, 0.5) is 5.13 Å². The molecule has 0 radical (unpaired) electrons. The summed E-state index contributed by atoms with van der Waals surface area (Å²) in [4.78, 5) is 17.4. The van der Waals surface area contributed by atoms with E-state index >= 15 is 0 Å². The van der Waals surface area contributed by atoms with E-state index in [1.807, 2.05) is 23.6 Å². The van der Waals surface area contributed by atoms with Gasteiger partial charge in [-0.3, -0.25) is 10.1 Å². The Morgan fingerprint density at radius 2 is 1.74 bits per heavy atom. The summed E-state index contributed by atoms with van der Waals surface area (Å²) in [5, 5.41) is 5.22. The van der Waals surface area contributed by atoms with E-state index in [9.17, 15) is 13.2 Å². The van der Waals surface area contributed by atoms with Crippen LogP contribution in [0.15, 0.2) is 70.9 Å². The molecule has 1 amide bonds. The van der Waals surface area contributed by atoms with Crippen LogP contribution >= 0.6 is 11.3 Å². The molecular formula is C25H26N4O3S2. The summed E-state index contributed by atoms with van der Waals surface area (Å²) in [7, 11) is -0.607. The van der Waals surface area contributed by atoms with Crippen LogP contribution in [0.25, 0.3) is 11.3 Å². The molecular weight excluding hydrogens is 468 g/mol. The molecule has 0 unspecified atom stereocenters. The highest BCUT2D eigenvalue weighted by Crippen LogP contribution is 2.30. The fraction of sp³-hybridized carbons (Fsp3) is 0.200. The van der Waals surface area contributed by atoms with Gasteiger partial charge in [0.05, 0.1) is 10.6 Å². The number of nitrogens with one attached hydrogen (secondary N) is 1. The van der Waals surface area contributed by atoms with Crippen molar-refractivity contribution in [3.8, 4) is 11.3 Å². The number of benzene rings is 2. The van der Waals surface area contributed by atoms with Gasteiger partial charge in [0.15, 0.2) is 5.13 Å². The van der Waals surface area contributed by atoms with Crippen LogP contribution in [0.1, 0.15) is 27.3 Å². The highest BCUT2D eigenvalue weighted by atomic mass is 32.2. The molecule has 0 bridgehead atoms. The van der Waals surface area contributed by atoms with Crippen LogP contribution in [0, 0.1) is 13.8 Å². The Labute approximate surface area is 203 Å². The molecule has 0 saturated heterocycles. The van der Waals surface area contributed by atoms with Gasteiger partial charge in [-0.1, -0.05) is 30.3 Å². The predicted octanol–water partition coefficient (Wildman–Crippen LogP) is 4.78. The largest absolute Gasteiger partial charge is 0.344 e. The molecule has 0 atom stereocenters. The van der Waals surface area contributed by atoms with Gasteiger partial charge in [-0.25, -0.2) is 17.7 Å². The molecule has 0 spiro atoms. The van der Waals surface area contributed by atoms with Gasteiger partial charge in [0.1, 0.15) is 0 Å². The molecule has 2 aromatic carbocycles. The Morgan fingerprint density at radius 3 is 2.38 bits per heavy atom. The summed E-state index contributed by atoms with van der Waals surface area (Å²) in [5.41, 5.74) is 5.68. The Kier molecular flexibility index (Phi) is 6.70. The molecule has 2 heterocycles. The van der Waals surface area contributed by atoms with E-state index in [4.69, 9.17) is 0 Å². The summed E-state index contributed by atoms with van der Waals surface area (Å²) < 4.78 is 27.8. The fourth-order valence-electron chi connectivity index (χ4n) is 3.68. The average Bonchev–Trinajstić information content (AvgIpc) is 3.39. The number of hydrogen-bond acceptors (Lipinski definition) is 5. The van der Waals surface area contributed by atoms with Crippen molar-refractivity contribution < 1.29 is 13.2 Å². The molecule has 1 N–H and O–H groups in total. The number of aromatic nitrogens is 2. The second-order valence-electron chi connectivity index (χ2n) is 8.16. The van der Waals surface area contributed by atoms with Crippen molar-refractivity contribution in [2.24, 2.45) is 0 Å². The summed E-state index contributed by atoms with van der Waals surface area (Å²) >= 11 is 1.35. The van der Waals surface area contributed by atoms with Crippen LogP contribution in [0.5, 0.6) is 0 Å². The van der Waals surface area contributed by atoms with Crippen LogP contribution < -0.4 is 5.32 Å². The lowest BCUT2D eigenvalue weighted by molar-refractivity contribution is 0.102. The topological polar surface area (TPSA) is 84.3 Å². The SMILES string of the molecule is Cc1cc(-c2csc(NC(=O)c3ccc(S(=O)(=O)N(C)C)cc3)n2)c(C)n1Cc1ccccc1. The number of aryl methyl sites for hydroxylation is 1. The summed E-state index contributed by atoms with van der Waals surface area (Å²) in [5.74, 6) is -0.343. The van der Waals surface area contributed by atoms with E-state index in [2.05, 4.69) is 46.9 Å². The van der Waals surface area contributed by atoms with Gasteiger partial charge in [0.25, 0.3) is 5.91 Å². The number of thiazole rings is 1. The lowest BCUT2D eigenvalue weighted by atomic mass is 10.2. The van der Waals surface area contributed by atoms with E-state index < -0.39 is 10.0 Å². The highest BCUT2D eigenvalue weighted by molar-refractivity contribution is 7.89. The number of sulfonamides is 1. The third-order valence-electron chi connectivity index (χ3n) is 5.65. The molecule has 0 aliphatic carbocycles. The quantitative estimate of drug-likeness (QED) is 0.401. The van der Waals surface area contributed by atoms with Crippen LogP contribution in [-0.2, 0) is 16.6 Å². The molecule has 0 saturated carbocycles. The molecule has 4 aromatic rings. The number of rotatable bonds is 7. The molecule has 176 valence electrons. The van der Waals surface area contributed by atoms with Gasteiger partial charge < -0.3 is 4.57 Å². The van der Waals surface area contributed by atoms with Crippen LogP contribution in [-0.4, -0.2) is 42.3 Å². The lowest BCUT2D eigenvalue weighted by Gasteiger charge is -2.11. The van der Waals surface area contributed by atoms with Crippen LogP contribution in [0.3, 0.4) is 0 Å². The van der Waals surface area contributed by atoms with Gasteiger partial charge in [-0.15, -0.1) is 11.3 Å². The Bertz CT molecular complexity index is 1420. The zero-order chi connectivity index (χ0) is 24.5. The second-order valence-corrected chi connectivity index (χ2v) is 11.2. The first-order chi connectivity index (χ1) is 16.2. The number of anilines is 1. The molecule has 7 nitrogen and oxygen atoms in total. The summed E-state index contributed by atoms with van der Waals surface area (Å²) in [6.45, 7) is 4.94. The van der Waals surface area contributed by atoms with E-state index in [0.717, 1.165) is 33.5 Å². The van der Waals surface area contributed by atoms with Crippen molar-refractivity contribution in [2.45, 2.75) is 25.3 Å². The molecule has 4 rings (SSSR count). The van der Waals surface area contributed by atoms with Crippen molar-refractivity contribution in [2.75, 3.05) is 19.4 Å². The molecule has 0 aliphatic heterocycles. The van der Waals surface area contributed by atoms with Crippen molar-refractivity contribution in [1.82, 2.24) is 13.9 Å². The Morgan fingerprint density at radius 1 is 1.06 bits per heavy atom. The first-order valence-corrected chi connectivity index (χ1v) is 13.0. The lowest BCUT2D eigenvalue weighted by Crippen LogP contribution is -2.22. The molecule has 34 heavy (non-hydrogen) atoms. The molecule has 0 fully saturated rings. The molecule has 9 heteroatoms. The zero-order valence-corrected chi connectivity index (χ0v) is 21.1. The van der Waals surface area contributed by atoms with E-state index in [0.29, 0.717) is 10.7 Å². The van der Waals surface area contributed by atoms with Gasteiger partial charge in [-0.05, 0) is 49.7 Å². The summed E-state index contributed by atoms with van der Waals surface area (Å²) in [6.07, 6.45) is 0. The number of nitrogens with zero attached hydrogens (tertiary/aromatic N) is 3. The monoisotopic (exact) mass is 494 g/mol. The standard InChI is InChI=1S/C25H26N4O3S2/c1-17-14-22(18(2)29(17)15-19-8-6-5-7-9-19)23-16-33-25(26-23)27-24(30)20-10-12-21(13-11-20)34(31,32)28(3)4/h5-14,16H,15H2,1-4H3,(H,26,27,30). The molecule has 0 aliphatic rings. The average molecular weight is 495 g/mol. The zero-order valence-electron chi connectivity index (χ0n) is 19.4. The van der Waals surface area contributed by atoms with Gasteiger partial charge in [0, 0.05) is 48.5 Å². The fourth-order valence-corrected chi connectivity index (χ4v) is 5.29. The first kappa shape index (κ1) is 23.9. The smallest absolute Gasteiger partial charge is 0.257 e. The van der Waals surface area contributed by atoms with Crippen molar-refractivity contribution >= 4 is 32.4 Å². The van der Waals surface area contributed by atoms with Crippen molar-refractivity contribution in [3.63, 3.8) is 0 Å². The normalized spacial score (nSPS) is 11.7. The minimum atomic E-state index is -3.54. The number of carbonyl (C=O) groups excluding carboxylic acids is 1. The second kappa shape index (κ2) is 9.54. The predicted molar refractivity (Wildman–Crippen MR) is 136 cm³/mol. The minimum absolute atomic E-state index is 0.136. The number of hydrogen-bond donors (Lipinski definition) is 1. The Balaban J connectivity index is 1.50.